The zero-order chi connectivity index (χ0) is 12.3. The topological polar surface area (TPSA) is 49.7 Å². The van der Waals surface area contributed by atoms with E-state index in [9.17, 15) is 9.30 Å². The van der Waals surface area contributed by atoms with Crippen molar-refractivity contribution in [2.75, 3.05) is 0 Å². The minimum Gasteiger partial charge on any atom is -0.508 e. The Morgan fingerprint density at radius 1 is 1.06 bits per heavy atom. The lowest BCUT2D eigenvalue weighted by molar-refractivity contribution is 0.475. The van der Waals surface area contributed by atoms with E-state index in [1.807, 2.05) is 0 Å². The predicted octanol–water partition coefficient (Wildman–Crippen LogP) is 3.46. The summed E-state index contributed by atoms with van der Waals surface area (Å²) in [4.78, 5) is 10.1. The first-order valence-electron chi connectivity index (χ1n) is 5.07. The Balaban J connectivity index is 2.37. The summed E-state index contributed by atoms with van der Waals surface area (Å²) in [6.07, 6.45) is 0. The third kappa shape index (κ3) is 2.47. The number of halogens is 1. The summed E-state index contributed by atoms with van der Waals surface area (Å²) in [5.74, 6) is -0.286. The van der Waals surface area contributed by atoms with E-state index in [4.69, 9.17) is 5.11 Å². The van der Waals surface area contributed by atoms with Gasteiger partial charge in [-0.05, 0) is 29.3 Å². The van der Waals surface area contributed by atoms with Crippen molar-refractivity contribution in [3.05, 3.63) is 58.8 Å². The zero-order valence-electron chi connectivity index (χ0n) is 8.93. The molecule has 0 amide bonds. The molecular formula is C13H10FNO2. The number of phenolic OH excluding ortho intramolecular Hbond substituents is 1. The SMILES string of the molecule is O=NCc1ccc(-c2ccc(O)cc2)cc1F. The van der Waals surface area contributed by atoms with Gasteiger partial charge in [-0.2, -0.15) is 4.91 Å². The Morgan fingerprint density at radius 2 is 1.71 bits per heavy atom. The molecule has 0 spiro atoms. The molecule has 0 aliphatic carbocycles. The quantitative estimate of drug-likeness (QED) is 0.822. The molecule has 4 heteroatoms. The maximum atomic E-state index is 13.6. The highest BCUT2D eigenvalue weighted by Crippen LogP contribution is 2.24. The number of hydrogen-bond donors (Lipinski definition) is 1. The summed E-state index contributed by atoms with van der Waals surface area (Å²) < 4.78 is 13.6. The summed E-state index contributed by atoms with van der Waals surface area (Å²) in [6, 6.07) is 11.1. The van der Waals surface area contributed by atoms with E-state index in [0.29, 0.717) is 5.56 Å². The molecule has 2 rings (SSSR count). The maximum Gasteiger partial charge on any atom is 0.129 e. The van der Waals surface area contributed by atoms with E-state index in [0.717, 1.165) is 5.56 Å². The summed E-state index contributed by atoms with van der Waals surface area (Å²) in [6.45, 7) is -0.165. The minimum atomic E-state index is -0.449. The molecule has 1 N–H and O–H groups in total. The van der Waals surface area contributed by atoms with Gasteiger partial charge in [-0.25, -0.2) is 4.39 Å². The summed E-state index contributed by atoms with van der Waals surface area (Å²) in [5.41, 5.74) is 1.77. The average molecular weight is 231 g/mol. The molecular weight excluding hydrogens is 221 g/mol. The van der Waals surface area contributed by atoms with Gasteiger partial charge in [0.15, 0.2) is 0 Å². The number of hydrogen-bond acceptors (Lipinski definition) is 3. The number of aromatic hydroxyl groups is 1. The molecule has 0 fully saturated rings. The van der Waals surface area contributed by atoms with Gasteiger partial charge >= 0.3 is 0 Å². The first-order valence-corrected chi connectivity index (χ1v) is 5.07. The van der Waals surface area contributed by atoms with Gasteiger partial charge in [0.25, 0.3) is 0 Å². The van der Waals surface area contributed by atoms with Crippen LogP contribution < -0.4 is 0 Å². The lowest BCUT2D eigenvalue weighted by Gasteiger charge is -2.04. The molecule has 2 aromatic rings. The fraction of sp³-hybridized carbons (Fsp3) is 0.0769. The second-order valence-corrected chi connectivity index (χ2v) is 3.64. The van der Waals surface area contributed by atoms with E-state index in [1.165, 1.54) is 18.2 Å². The van der Waals surface area contributed by atoms with Crippen LogP contribution in [0.25, 0.3) is 11.1 Å². The summed E-state index contributed by atoms with van der Waals surface area (Å²) >= 11 is 0. The molecule has 0 unspecified atom stereocenters. The second-order valence-electron chi connectivity index (χ2n) is 3.64. The van der Waals surface area contributed by atoms with Gasteiger partial charge in [0.05, 0.1) is 0 Å². The highest BCUT2D eigenvalue weighted by atomic mass is 19.1. The zero-order valence-corrected chi connectivity index (χ0v) is 8.93. The van der Waals surface area contributed by atoms with Crippen molar-refractivity contribution in [2.45, 2.75) is 6.54 Å². The van der Waals surface area contributed by atoms with E-state index >= 15 is 0 Å². The van der Waals surface area contributed by atoms with Crippen LogP contribution >= 0.6 is 0 Å². The third-order valence-electron chi connectivity index (χ3n) is 2.49. The monoisotopic (exact) mass is 231 g/mol. The molecule has 0 aliphatic heterocycles. The Hall–Kier alpha value is -2.23. The fourth-order valence-electron chi connectivity index (χ4n) is 1.58. The van der Waals surface area contributed by atoms with Crippen molar-refractivity contribution < 1.29 is 9.50 Å². The predicted molar refractivity (Wildman–Crippen MR) is 63.0 cm³/mol. The van der Waals surface area contributed by atoms with Crippen LogP contribution in [0.5, 0.6) is 5.75 Å². The number of nitrogens with zero attached hydrogens (tertiary/aromatic N) is 1. The highest BCUT2D eigenvalue weighted by molar-refractivity contribution is 5.64. The van der Waals surface area contributed by atoms with Crippen molar-refractivity contribution in [2.24, 2.45) is 5.18 Å². The molecule has 2 aromatic carbocycles. The summed E-state index contributed by atoms with van der Waals surface area (Å²) in [5, 5.41) is 11.8. The van der Waals surface area contributed by atoms with Gasteiger partial charge in [-0.1, -0.05) is 29.4 Å². The normalized spacial score (nSPS) is 10.2. The Labute approximate surface area is 97.5 Å². The van der Waals surface area contributed by atoms with Crippen molar-refractivity contribution in [1.82, 2.24) is 0 Å². The van der Waals surface area contributed by atoms with Gasteiger partial charge in [0, 0.05) is 5.56 Å². The lowest BCUT2D eigenvalue weighted by Crippen LogP contribution is -1.89. The molecule has 86 valence electrons. The molecule has 0 aromatic heterocycles. The van der Waals surface area contributed by atoms with Crippen molar-refractivity contribution in [1.29, 1.82) is 0 Å². The lowest BCUT2D eigenvalue weighted by atomic mass is 10.0. The first kappa shape index (κ1) is 11.3. The molecule has 0 heterocycles. The fourth-order valence-corrected chi connectivity index (χ4v) is 1.58. The Bertz CT molecular complexity index is 538. The van der Waals surface area contributed by atoms with Crippen LogP contribution in [0.15, 0.2) is 47.6 Å². The van der Waals surface area contributed by atoms with E-state index < -0.39 is 5.82 Å². The molecule has 0 aliphatic rings. The van der Waals surface area contributed by atoms with Gasteiger partial charge in [0.1, 0.15) is 18.1 Å². The molecule has 0 bridgehead atoms. The van der Waals surface area contributed by atoms with Gasteiger partial charge < -0.3 is 5.11 Å². The van der Waals surface area contributed by atoms with Gasteiger partial charge in [-0.15, -0.1) is 0 Å². The molecule has 0 saturated heterocycles. The van der Waals surface area contributed by atoms with Gasteiger partial charge in [0.2, 0.25) is 0 Å². The van der Waals surface area contributed by atoms with Crippen LogP contribution in [0, 0.1) is 10.7 Å². The minimum absolute atomic E-state index is 0.163. The van der Waals surface area contributed by atoms with E-state index in [-0.39, 0.29) is 17.9 Å². The molecule has 0 atom stereocenters. The van der Waals surface area contributed by atoms with Crippen molar-refractivity contribution >= 4 is 0 Å². The van der Waals surface area contributed by atoms with Crippen LogP contribution in [-0.4, -0.2) is 5.11 Å². The number of nitroso groups, excluding NO2 is 1. The van der Waals surface area contributed by atoms with Crippen molar-refractivity contribution in [3.63, 3.8) is 0 Å². The smallest absolute Gasteiger partial charge is 0.129 e. The third-order valence-corrected chi connectivity index (χ3v) is 2.49. The van der Waals surface area contributed by atoms with Gasteiger partial charge in [-0.3, -0.25) is 0 Å². The Kier molecular flexibility index (Phi) is 3.14. The number of phenols is 1. The first-order chi connectivity index (χ1) is 8.20. The maximum absolute atomic E-state index is 13.6. The Morgan fingerprint density at radius 3 is 2.29 bits per heavy atom. The van der Waals surface area contributed by atoms with Crippen LogP contribution in [0.4, 0.5) is 4.39 Å². The number of benzene rings is 2. The molecule has 17 heavy (non-hydrogen) atoms. The standard InChI is InChI=1S/C13H10FNO2/c14-13-7-10(1-2-11(13)8-15-17)9-3-5-12(16)6-4-9/h1-7,16H,8H2. The van der Waals surface area contributed by atoms with Crippen LogP contribution in [-0.2, 0) is 6.54 Å². The molecule has 3 nitrogen and oxygen atoms in total. The van der Waals surface area contributed by atoms with E-state index in [1.54, 1.807) is 24.3 Å². The van der Waals surface area contributed by atoms with Crippen LogP contribution in [0.1, 0.15) is 5.56 Å². The summed E-state index contributed by atoms with van der Waals surface area (Å²) in [7, 11) is 0. The van der Waals surface area contributed by atoms with Crippen molar-refractivity contribution in [3.8, 4) is 16.9 Å². The molecule has 0 saturated carbocycles. The average Bonchev–Trinajstić information content (AvgIpc) is 2.33. The van der Waals surface area contributed by atoms with Crippen LogP contribution in [0.2, 0.25) is 0 Å². The largest absolute Gasteiger partial charge is 0.508 e. The number of rotatable bonds is 3. The molecule has 0 radical (unpaired) electrons. The van der Waals surface area contributed by atoms with E-state index in [2.05, 4.69) is 5.18 Å². The highest BCUT2D eigenvalue weighted by Gasteiger charge is 2.05. The second kappa shape index (κ2) is 4.74. The van der Waals surface area contributed by atoms with Crippen LogP contribution in [0.3, 0.4) is 0 Å².